The van der Waals surface area contributed by atoms with E-state index in [0.717, 1.165) is 31.2 Å². The van der Waals surface area contributed by atoms with E-state index in [4.69, 9.17) is 5.73 Å². The molecule has 3 N–H and O–H groups in total. The predicted octanol–water partition coefficient (Wildman–Crippen LogP) is 4.74. The number of carbonyl (C=O) groups excluding carboxylic acids is 2. The summed E-state index contributed by atoms with van der Waals surface area (Å²) in [6.45, 7) is 6.81. The van der Waals surface area contributed by atoms with Crippen molar-refractivity contribution in [2.24, 2.45) is 23.0 Å². The molecule has 2 amide bonds. The van der Waals surface area contributed by atoms with Gasteiger partial charge in [0.1, 0.15) is 5.00 Å². The van der Waals surface area contributed by atoms with Gasteiger partial charge in [-0.3, -0.25) is 9.59 Å². The first-order valence-electron chi connectivity index (χ1n) is 10.1. The summed E-state index contributed by atoms with van der Waals surface area (Å²) in [5.41, 5.74) is 8.74. The van der Waals surface area contributed by atoms with Gasteiger partial charge in [-0.2, -0.15) is 0 Å². The molecular weight excluding hydrogens is 368 g/mol. The van der Waals surface area contributed by atoms with Gasteiger partial charge in [0.05, 0.1) is 5.56 Å². The quantitative estimate of drug-likeness (QED) is 0.783. The van der Waals surface area contributed by atoms with Gasteiger partial charge in [0.25, 0.3) is 5.91 Å². The zero-order valence-electron chi connectivity index (χ0n) is 16.7. The Morgan fingerprint density at radius 3 is 2.54 bits per heavy atom. The topological polar surface area (TPSA) is 72.2 Å². The molecule has 0 spiro atoms. The molecule has 148 valence electrons. The molecule has 4 nitrogen and oxygen atoms in total. The van der Waals surface area contributed by atoms with Crippen LogP contribution < -0.4 is 11.1 Å². The third-order valence-corrected chi connectivity index (χ3v) is 7.50. The average molecular weight is 397 g/mol. The minimum atomic E-state index is -0.433. The van der Waals surface area contributed by atoms with E-state index in [-0.39, 0.29) is 23.2 Å². The number of fused-ring (bicyclic) bond motifs is 1. The number of rotatable bonds is 4. The van der Waals surface area contributed by atoms with Crippen molar-refractivity contribution in [3.8, 4) is 0 Å². The Balaban J connectivity index is 1.53. The Morgan fingerprint density at radius 2 is 1.89 bits per heavy atom. The number of carbonyl (C=O) groups is 2. The monoisotopic (exact) mass is 396 g/mol. The predicted molar refractivity (Wildman–Crippen MR) is 114 cm³/mol. The van der Waals surface area contributed by atoms with Crippen molar-refractivity contribution < 1.29 is 9.59 Å². The van der Waals surface area contributed by atoms with E-state index in [1.54, 1.807) is 11.3 Å². The fourth-order valence-corrected chi connectivity index (χ4v) is 5.77. The van der Waals surface area contributed by atoms with Crippen LogP contribution in [0.2, 0.25) is 0 Å². The number of nitrogens with one attached hydrogen (secondary N) is 1. The van der Waals surface area contributed by atoms with Crippen LogP contribution in [0, 0.1) is 17.3 Å². The molecule has 1 saturated carbocycles. The van der Waals surface area contributed by atoms with Crippen molar-refractivity contribution in [1.29, 1.82) is 0 Å². The van der Waals surface area contributed by atoms with E-state index in [1.807, 2.05) is 18.2 Å². The molecule has 0 aliphatic heterocycles. The van der Waals surface area contributed by atoms with E-state index in [0.29, 0.717) is 16.5 Å². The third kappa shape index (κ3) is 3.60. The highest BCUT2D eigenvalue weighted by Crippen LogP contribution is 2.49. The summed E-state index contributed by atoms with van der Waals surface area (Å²) in [7, 11) is 0. The van der Waals surface area contributed by atoms with Crippen molar-refractivity contribution in [3.05, 3.63) is 51.9 Å². The zero-order valence-corrected chi connectivity index (χ0v) is 17.6. The van der Waals surface area contributed by atoms with Crippen LogP contribution >= 0.6 is 11.3 Å². The van der Waals surface area contributed by atoms with Crippen LogP contribution in [0.1, 0.15) is 65.9 Å². The van der Waals surface area contributed by atoms with Gasteiger partial charge in [-0.25, -0.2) is 0 Å². The van der Waals surface area contributed by atoms with E-state index >= 15 is 0 Å². The molecule has 28 heavy (non-hydrogen) atoms. The van der Waals surface area contributed by atoms with Crippen LogP contribution in [0.5, 0.6) is 0 Å². The zero-order chi connectivity index (χ0) is 20.1. The van der Waals surface area contributed by atoms with Crippen molar-refractivity contribution in [2.75, 3.05) is 5.32 Å². The highest BCUT2D eigenvalue weighted by atomic mass is 32.1. The summed E-state index contributed by atoms with van der Waals surface area (Å²) in [5.74, 6) is 0.399. The van der Waals surface area contributed by atoms with Gasteiger partial charge in [0, 0.05) is 10.8 Å². The number of nitrogens with two attached hydrogens (primary N) is 1. The lowest BCUT2D eigenvalue weighted by Crippen LogP contribution is -2.27. The molecule has 1 fully saturated rings. The molecule has 0 unspecified atom stereocenters. The Morgan fingerprint density at radius 1 is 1.18 bits per heavy atom. The summed E-state index contributed by atoms with van der Waals surface area (Å²) in [4.78, 5) is 26.2. The van der Waals surface area contributed by atoms with Gasteiger partial charge in [-0.1, -0.05) is 51.1 Å². The Kier molecular flexibility index (Phi) is 4.82. The van der Waals surface area contributed by atoms with Crippen molar-refractivity contribution >= 4 is 28.2 Å². The van der Waals surface area contributed by atoms with Crippen LogP contribution in [0.4, 0.5) is 5.00 Å². The number of primary amides is 1. The fraction of sp³-hybridized carbons (Fsp3) is 0.478. The molecule has 1 aromatic heterocycles. The number of hydrogen-bond donors (Lipinski definition) is 2. The minimum Gasteiger partial charge on any atom is -0.365 e. The number of benzene rings is 1. The smallest absolute Gasteiger partial charge is 0.251 e. The van der Waals surface area contributed by atoms with Crippen LogP contribution in [0.25, 0.3) is 0 Å². The summed E-state index contributed by atoms with van der Waals surface area (Å²) in [6.07, 6.45) is 3.73. The molecule has 0 saturated heterocycles. The van der Waals surface area contributed by atoms with Gasteiger partial charge in [0.2, 0.25) is 5.91 Å². The van der Waals surface area contributed by atoms with Crippen LogP contribution in [-0.4, -0.2) is 11.8 Å². The van der Waals surface area contributed by atoms with Crippen molar-refractivity contribution in [3.63, 3.8) is 0 Å². The van der Waals surface area contributed by atoms with Gasteiger partial charge >= 0.3 is 0 Å². The van der Waals surface area contributed by atoms with Gasteiger partial charge in [-0.05, 0) is 54.1 Å². The molecular formula is C23H28N2O2S. The summed E-state index contributed by atoms with van der Waals surface area (Å²) < 4.78 is 0. The third-order valence-electron chi connectivity index (χ3n) is 6.33. The summed E-state index contributed by atoms with van der Waals surface area (Å²) >= 11 is 1.55. The molecule has 5 heteroatoms. The second-order valence-electron chi connectivity index (χ2n) is 9.23. The van der Waals surface area contributed by atoms with E-state index in [2.05, 4.69) is 38.2 Å². The number of anilines is 1. The maximum Gasteiger partial charge on any atom is 0.251 e. The van der Waals surface area contributed by atoms with E-state index < -0.39 is 5.91 Å². The lowest BCUT2D eigenvalue weighted by atomic mass is 9.72. The van der Waals surface area contributed by atoms with Crippen LogP contribution in [0.3, 0.4) is 0 Å². The van der Waals surface area contributed by atoms with E-state index in [9.17, 15) is 9.59 Å². The number of hydrogen-bond acceptors (Lipinski definition) is 3. The Bertz CT molecular complexity index is 911. The molecule has 0 bridgehead atoms. The summed E-state index contributed by atoms with van der Waals surface area (Å²) in [5, 5.41) is 3.69. The Labute approximate surface area is 170 Å². The minimum absolute atomic E-state index is 0.00215. The average Bonchev–Trinajstić information content (AvgIpc) is 3.36. The molecule has 1 aromatic carbocycles. The van der Waals surface area contributed by atoms with E-state index in [1.165, 1.54) is 10.4 Å². The number of amides is 2. The van der Waals surface area contributed by atoms with Crippen LogP contribution in [0.15, 0.2) is 30.3 Å². The number of thiophene rings is 1. The molecule has 1 heterocycles. The fourth-order valence-electron chi connectivity index (χ4n) is 4.43. The first kappa shape index (κ1) is 19.2. The molecule has 4 rings (SSSR count). The Hall–Kier alpha value is -2.14. The first-order chi connectivity index (χ1) is 13.3. The molecule has 2 aliphatic rings. The highest BCUT2D eigenvalue weighted by molar-refractivity contribution is 7.17. The standard InChI is InChI=1S/C23H28N2O2S/c1-23(2,3)14-9-10-15-18(11-14)28-22(19(15)20(24)26)25-21(27)17-12-16(17)13-7-5-4-6-8-13/h4-8,14,16-17H,9-12H2,1-3H3,(H2,24,26)(H,25,27)/t14-,16+,17+/m1/s1. The van der Waals surface area contributed by atoms with Gasteiger partial charge in [-0.15, -0.1) is 11.3 Å². The maximum absolute atomic E-state index is 12.8. The normalized spacial score (nSPS) is 23.8. The lowest BCUT2D eigenvalue weighted by molar-refractivity contribution is -0.117. The summed E-state index contributed by atoms with van der Waals surface area (Å²) in [6, 6.07) is 10.1. The van der Waals surface area contributed by atoms with Gasteiger partial charge in [0.15, 0.2) is 0 Å². The maximum atomic E-state index is 12.8. The lowest BCUT2D eigenvalue weighted by Gasteiger charge is -2.33. The van der Waals surface area contributed by atoms with Crippen LogP contribution in [-0.2, 0) is 17.6 Å². The SMILES string of the molecule is CC(C)(C)[C@@H]1CCc2c(sc(NC(=O)[C@H]3C[C@H]3c3ccccc3)c2C(N)=O)C1. The highest BCUT2D eigenvalue weighted by Gasteiger charge is 2.44. The molecule has 2 aliphatic carbocycles. The second kappa shape index (κ2) is 7.03. The largest absolute Gasteiger partial charge is 0.365 e. The molecule has 0 radical (unpaired) electrons. The first-order valence-corrected chi connectivity index (χ1v) is 10.9. The molecule has 3 atom stereocenters. The van der Waals surface area contributed by atoms with Crippen molar-refractivity contribution in [2.45, 2.75) is 52.4 Å². The second-order valence-corrected chi connectivity index (χ2v) is 10.3. The molecule has 2 aromatic rings. The van der Waals surface area contributed by atoms with Crippen molar-refractivity contribution in [1.82, 2.24) is 0 Å². The van der Waals surface area contributed by atoms with Gasteiger partial charge < -0.3 is 11.1 Å².